The van der Waals surface area contributed by atoms with Crippen molar-refractivity contribution < 1.29 is 63.9 Å². The van der Waals surface area contributed by atoms with E-state index in [0.29, 0.717) is 122 Å². The van der Waals surface area contributed by atoms with Crippen LogP contribution in [0, 0.1) is 18.8 Å². The number of aromatic hydroxyl groups is 1. The predicted octanol–water partition coefficient (Wildman–Crippen LogP) is 10.3. The number of unbranched alkanes of at least 4 members (excludes halogenated alkanes) is 3. The number of carboxylic acids is 2. The maximum absolute atomic E-state index is 15.3. The van der Waals surface area contributed by atoms with E-state index in [1.807, 2.05) is 6.92 Å². The fourth-order valence-corrected chi connectivity index (χ4v) is 18.1. The molecular weight excluding hydrogens is 1390 g/mol. The fraction of sp³-hybridized carbons (Fsp3) is 0.368. The molecule has 2 fully saturated rings. The third-order valence-electron chi connectivity index (χ3n) is 18.0. The molecule has 10 bridgehead atoms. The van der Waals surface area contributed by atoms with Crippen molar-refractivity contribution in [2.75, 3.05) is 13.1 Å². The number of nitrogens with one attached hydrogen (secondary N) is 2. The number of carboxylic acid groups (broad SMARTS) is 2. The number of hydrogen-bond donors (Lipinski definition) is 8. The molecule has 0 unspecified atom stereocenters. The molecule has 31 heteroatoms. The molecule has 25 nitrogen and oxygen atoms in total. The molecule has 7 atom stereocenters. The quantitative estimate of drug-likeness (QED) is 0.0393. The van der Waals surface area contributed by atoms with Crippen LogP contribution in [0.2, 0.25) is 0 Å². The number of benzene rings is 2. The van der Waals surface area contributed by atoms with E-state index < -0.39 is 95.9 Å². The number of nitrogens with two attached hydrogens (primary N) is 1. The Bertz CT molecular complexity index is 4480. The standard InChI is InChI=1S/C68H68N12O13S6/c1-33-51(83)27-80-56(33)65-76-48(31-98-65)63-73-45(28-96-63)55-40(21-22-42(70-55)62-77-49(32-97-62)67(91)79(23-9-4-3-8-12-53(85)86)38-17-15-37(16-18-38)68(92)93)60-74-46(29-94-60)58(88)71-43(26-52(69)84)64-78-54(34(2)99-64)50(82)25-41(57(87)36-10-6-5-7-11-36)61-75-47(30-95-61)59(89)72-44(66(80)90)24-35-13-19-39(81)20-14-35/h5-7,10-11,13-14,19-22,28-33,37-38,41,43-44,51,56-57,81,83,87H,3-4,8-9,12,15-18,23-27H2,1-2H3,(H2,69,84)(H,71,88)(H,72,89)(H,85,86)(H,92,93)/t33-,37?,38?,41-,43-,44-,51-,56-,57+/m0/s1. The highest BCUT2D eigenvalue weighted by molar-refractivity contribution is 7.15. The lowest BCUT2D eigenvalue weighted by Crippen LogP contribution is -2.50. The number of pyridine rings is 1. The third-order valence-corrected chi connectivity index (χ3v) is 23.6. The monoisotopic (exact) mass is 1450 g/mol. The lowest BCUT2D eigenvalue weighted by Gasteiger charge is -2.36. The van der Waals surface area contributed by atoms with Crippen molar-refractivity contribution in [2.45, 2.75) is 133 Å². The average Bonchev–Trinajstić information content (AvgIpc) is 1.64. The summed E-state index contributed by atoms with van der Waals surface area (Å²) in [6.07, 6.45) is 1.23. The molecule has 9 aromatic rings. The number of carbonyl (C=O) groups is 8. The number of rotatable bonds is 17. The zero-order valence-electron chi connectivity index (χ0n) is 53.4. The van der Waals surface area contributed by atoms with Crippen molar-refractivity contribution in [2.24, 2.45) is 17.6 Å². The van der Waals surface area contributed by atoms with Crippen molar-refractivity contribution in [1.82, 2.24) is 55.3 Å². The number of amides is 5. The van der Waals surface area contributed by atoms with Gasteiger partial charge in [-0.25, -0.2) is 34.9 Å². The molecular formula is C68H68N12O13S6. The summed E-state index contributed by atoms with van der Waals surface area (Å²) in [4.78, 5) is 148. The van der Waals surface area contributed by atoms with Gasteiger partial charge in [0.15, 0.2) is 5.78 Å². The number of aliphatic hydroxyl groups is 2. The Balaban J connectivity index is 0.921. The van der Waals surface area contributed by atoms with Gasteiger partial charge in [0, 0.05) is 87.6 Å². The highest BCUT2D eigenvalue weighted by Crippen LogP contribution is 2.44. The van der Waals surface area contributed by atoms with E-state index in [9.17, 15) is 59.1 Å². The summed E-state index contributed by atoms with van der Waals surface area (Å²) in [5, 5.41) is 69.0. The second-order valence-electron chi connectivity index (χ2n) is 24.7. The highest BCUT2D eigenvalue weighted by Gasteiger charge is 2.46. The summed E-state index contributed by atoms with van der Waals surface area (Å²) in [7, 11) is 0. The largest absolute Gasteiger partial charge is 0.508 e. The first-order valence-electron chi connectivity index (χ1n) is 32.1. The molecule has 5 amide bonds. The van der Waals surface area contributed by atoms with E-state index >= 15 is 4.79 Å². The number of Topliss-reactive ketones (excluding diaryl/α,β-unsaturated/α-hetero) is 1. The summed E-state index contributed by atoms with van der Waals surface area (Å²) >= 11 is 6.97. The van der Waals surface area contributed by atoms with Crippen molar-refractivity contribution in [3.8, 4) is 49.1 Å². The van der Waals surface area contributed by atoms with E-state index in [1.165, 1.54) is 56.4 Å². The zero-order chi connectivity index (χ0) is 69.8. The minimum Gasteiger partial charge on any atom is -0.508 e. The number of phenols is 1. The Morgan fingerprint density at radius 1 is 0.677 bits per heavy atom. The van der Waals surface area contributed by atoms with Crippen LogP contribution < -0.4 is 16.4 Å². The molecule has 0 radical (unpaired) electrons. The Kier molecular flexibility index (Phi) is 21.7. The number of aryl methyl sites for hydroxylation is 1. The highest BCUT2D eigenvalue weighted by atomic mass is 32.1. The summed E-state index contributed by atoms with van der Waals surface area (Å²) in [5.74, 6) is -7.41. The average molecular weight is 1450 g/mol. The van der Waals surface area contributed by atoms with E-state index in [2.05, 4.69) is 10.6 Å². The lowest BCUT2D eigenvalue weighted by molar-refractivity contribution is -0.143. The molecule has 1 saturated heterocycles. The molecule has 1 aliphatic carbocycles. The van der Waals surface area contributed by atoms with Crippen LogP contribution in [0.25, 0.3) is 43.4 Å². The van der Waals surface area contributed by atoms with Gasteiger partial charge in [-0.05, 0) is 80.8 Å². The molecule has 0 spiro atoms. The summed E-state index contributed by atoms with van der Waals surface area (Å²) < 4.78 is 0. The number of hydrogen-bond acceptors (Lipinski definition) is 24. The molecule has 1 saturated carbocycles. The molecule has 99 heavy (non-hydrogen) atoms. The van der Waals surface area contributed by atoms with Gasteiger partial charge in [-0.15, -0.1) is 68.0 Å². The molecule has 9 heterocycles. The summed E-state index contributed by atoms with van der Waals surface area (Å²) in [5.41, 5.74) is 8.87. The second kappa shape index (κ2) is 30.7. The first-order valence-corrected chi connectivity index (χ1v) is 37.3. The number of primary amides is 1. The van der Waals surface area contributed by atoms with Crippen LogP contribution in [-0.4, -0.2) is 149 Å². The molecule has 514 valence electrons. The van der Waals surface area contributed by atoms with Crippen molar-refractivity contribution >= 4 is 115 Å². The number of aliphatic carboxylic acids is 2. The smallest absolute Gasteiger partial charge is 0.306 e. The molecule has 2 aromatic carbocycles. The van der Waals surface area contributed by atoms with Crippen LogP contribution in [0.4, 0.5) is 0 Å². The fourth-order valence-electron chi connectivity index (χ4n) is 12.7. The number of aromatic nitrogens is 7. The lowest BCUT2D eigenvalue weighted by atomic mass is 9.85. The number of fused-ring (bicyclic) bond motifs is 16. The van der Waals surface area contributed by atoms with Gasteiger partial charge in [-0.2, -0.15) is 0 Å². The van der Waals surface area contributed by atoms with Gasteiger partial charge in [0.1, 0.15) is 76.7 Å². The first kappa shape index (κ1) is 69.9. The third kappa shape index (κ3) is 15.9. The normalized spacial score (nSPS) is 20.9. The Morgan fingerprint density at radius 2 is 1.32 bits per heavy atom. The second-order valence-corrected chi connectivity index (χ2v) is 30.3. The van der Waals surface area contributed by atoms with Crippen LogP contribution in [0.5, 0.6) is 5.75 Å². The number of thiazole rings is 6. The van der Waals surface area contributed by atoms with Crippen LogP contribution in [-0.2, 0) is 25.6 Å². The number of ketones is 1. The maximum Gasteiger partial charge on any atom is 0.306 e. The van der Waals surface area contributed by atoms with E-state index in [0.717, 1.165) is 34.0 Å². The SMILES string of the molecule is Cc1sc2nc1C(=O)C[C@@H]([C@H](O)c1ccccc1)c1nc(cs1)C(=O)N[C@@H](Cc1ccc(O)cc1)C(=O)N1C[C@H](O)[C@H](C)[C@H]1c1nc(cs1)-c1nc(cs1)-c1nc(-c3nc(C(=O)N(CCCCCCC(=O)O)C4CCC(C(=O)O)CC4)cs3)ccc1-c1nc(cs1)C(=O)N[C@H]2CC(N)=O. The van der Waals surface area contributed by atoms with Gasteiger partial charge in [0.2, 0.25) is 11.8 Å². The van der Waals surface area contributed by atoms with Crippen molar-refractivity contribution in [1.29, 1.82) is 0 Å². The Hall–Kier alpha value is -8.95. The van der Waals surface area contributed by atoms with Crippen LogP contribution in [0.3, 0.4) is 0 Å². The van der Waals surface area contributed by atoms with Gasteiger partial charge in [0.05, 0.1) is 47.3 Å². The zero-order valence-corrected chi connectivity index (χ0v) is 58.3. The summed E-state index contributed by atoms with van der Waals surface area (Å²) in [6, 6.07) is 14.9. The number of carbonyl (C=O) groups excluding carboxylic acids is 6. The van der Waals surface area contributed by atoms with Crippen LogP contribution in [0.1, 0.15) is 175 Å². The molecule has 7 aromatic heterocycles. The van der Waals surface area contributed by atoms with Gasteiger partial charge in [-0.3, -0.25) is 38.4 Å². The molecule has 3 aliphatic rings. The first-order chi connectivity index (χ1) is 47.6. The predicted molar refractivity (Wildman–Crippen MR) is 373 cm³/mol. The minimum atomic E-state index is -1.32. The number of aliphatic hydroxyl groups excluding tert-OH is 2. The van der Waals surface area contributed by atoms with Crippen molar-refractivity contribution in [3.63, 3.8) is 0 Å². The minimum absolute atomic E-state index is 0.00808. The van der Waals surface area contributed by atoms with Gasteiger partial charge < -0.3 is 51.7 Å². The van der Waals surface area contributed by atoms with E-state index in [4.69, 9.17) is 40.6 Å². The molecule has 2 aliphatic heterocycles. The van der Waals surface area contributed by atoms with E-state index in [-0.39, 0.29) is 76.3 Å². The topological polar surface area (TPSA) is 384 Å². The van der Waals surface area contributed by atoms with Crippen LogP contribution >= 0.6 is 68.0 Å². The Morgan fingerprint density at radius 3 is 2.06 bits per heavy atom. The molecule has 12 rings (SSSR count). The van der Waals surface area contributed by atoms with Crippen LogP contribution in [0.15, 0.2) is 93.6 Å². The van der Waals surface area contributed by atoms with Gasteiger partial charge in [0.25, 0.3) is 17.7 Å². The number of phenolic OH excluding ortho intramolecular Hbond substituents is 1. The maximum atomic E-state index is 15.3. The summed E-state index contributed by atoms with van der Waals surface area (Å²) in [6.45, 7) is 3.74. The van der Waals surface area contributed by atoms with Gasteiger partial charge in [-0.1, -0.05) is 62.2 Å². The van der Waals surface area contributed by atoms with Crippen molar-refractivity contribution in [3.05, 3.63) is 147 Å². The van der Waals surface area contributed by atoms with Gasteiger partial charge >= 0.3 is 11.9 Å². The van der Waals surface area contributed by atoms with E-state index in [1.54, 1.807) is 87.9 Å². The Labute approximate surface area is 591 Å². The number of nitrogens with zero attached hydrogens (tertiary/aromatic N) is 9. The molecule has 9 N–H and O–H groups in total.